The van der Waals surface area contributed by atoms with Gasteiger partial charge < -0.3 is 10.2 Å². The van der Waals surface area contributed by atoms with Crippen molar-refractivity contribution in [2.75, 3.05) is 0 Å². The first-order valence-electron chi connectivity index (χ1n) is 11.1. The lowest BCUT2D eigenvalue weighted by molar-refractivity contribution is -0.138. The molecule has 0 amide bonds. The topological polar surface area (TPSA) is 120 Å². The molecule has 1 aromatic heterocycles. The SMILES string of the molecule is Cc1ccc(-n2[nH]c(C)c(N=Nc3cc(-c4ccccc4O)ccc3[C@H](C)C(=O)O)c2=O)cc1C. The zero-order valence-corrected chi connectivity index (χ0v) is 19.9. The fourth-order valence-corrected chi connectivity index (χ4v) is 3.82. The van der Waals surface area contributed by atoms with E-state index < -0.39 is 11.9 Å². The van der Waals surface area contributed by atoms with Crippen LogP contribution in [0.25, 0.3) is 16.8 Å². The molecule has 0 saturated heterocycles. The molecule has 3 aromatic carbocycles. The first-order valence-corrected chi connectivity index (χ1v) is 11.1. The number of benzene rings is 3. The number of phenols is 1. The van der Waals surface area contributed by atoms with E-state index in [9.17, 15) is 19.8 Å². The number of nitrogens with one attached hydrogen (secondary N) is 1. The van der Waals surface area contributed by atoms with E-state index in [-0.39, 0.29) is 17.0 Å². The summed E-state index contributed by atoms with van der Waals surface area (Å²) >= 11 is 0. The summed E-state index contributed by atoms with van der Waals surface area (Å²) in [6.07, 6.45) is 0. The van der Waals surface area contributed by atoms with Crippen molar-refractivity contribution in [2.45, 2.75) is 33.6 Å². The van der Waals surface area contributed by atoms with Gasteiger partial charge in [-0.05, 0) is 74.2 Å². The number of aliphatic carboxylic acids is 1. The minimum Gasteiger partial charge on any atom is -0.507 e. The number of hydrogen-bond acceptors (Lipinski definition) is 5. The zero-order valence-electron chi connectivity index (χ0n) is 19.9. The Balaban J connectivity index is 1.80. The van der Waals surface area contributed by atoms with Crippen LogP contribution in [0.2, 0.25) is 0 Å². The molecule has 4 aromatic rings. The summed E-state index contributed by atoms with van der Waals surface area (Å²) in [5.74, 6) is -1.76. The number of aromatic amines is 1. The molecule has 35 heavy (non-hydrogen) atoms. The molecular weight excluding hydrogens is 444 g/mol. The maximum atomic E-state index is 13.1. The number of aryl methyl sites for hydroxylation is 3. The van der Waals surface area contributed by atoms with Crippen molar-refractivity contribution in [1.29, 1.82) is 0 Å². The van der Waals surface area contributed by atoms with Crippen LogP contribution in [0, 0.1) is 20.8 Å². The summed E-state index contributed by atoms with van der Waals surface area (Å²) in [4.78, 5) is 24.8. The fraction of sp³-hybridized carbons (Fsp3) is 0.185. The number of nitrogens with zero attached hydrogens (tertiary/aromatic N) is 3. The molecule has 8 nitrogen and oxygen atoms in total. The monoisotopic (exact) mass is 470 g/mol. The van der Waals surface area contributed by atoms with E-state index in [2.05, 4.69) is 15.3 Å². The summed E-state index contributed by atoms with van der Waals surface area (Å²) in [7, 11) is 0. The highest BCUT2D eigenvalue weighted by atomic mass is 16.4. The summed E-state index contributed by atoms with van der Waals surface area (Å²) in [6.45, 7) is 7.26. The Morgan fingerprint density at radius 1 is 0.971 bits per heavy atom. The Morgan fingerprint density at radius 3 is 2.40 bits per heavy atom. The summed E-state index contributed by atoms with van der Waals surface area (Å²) in [5.41, 5.74) is 5.13. The molecule has 3 N–H and O–H groups in total. The second-order valence-electron chi connectivity index (χ2n) is 8.55. The van der Waals surface area contributed by atoms with E-state index in [1.807, 2.05) is 32.0 Å². The van der Waals surface area contributed by atoms with Crippen LogP contribution in [0.3, 0.4) is 0 Å². The standard InChI is InChI=1S/C27H26N4O4/c1-15-9-11-20(13-16(15)2)31-26(33)25(18(4)30-31)29-28-23-14-19(22-7-5-6-8-24(22)32)10-12-21(23)17(3)27(34)35/h5-14,17,30,32H,1-4H3,(H,34,35)/t17-/m0/s1. The average molecular weight is 471 g/mol. The van der Waals surface area contributed by atoms with Gasteiger partial charge >= 0.3 is 5.97 Å². The predicted molar refractivity (Wildman–Crippen MR) is 134 cm³/mol. The Morgan fingerprint density at radius 2 is 1.71 bits per heavy atom. The molecule has 0 spiro atoms. The highest BCUT2D eigenvalue weighted by Gasteiger charge is 2.20. The van der Waals surface area contributed by atoms with Crippen molar-refractivity contribution in [1.82, 2.24) is 9.78 Å². The molecule has 0 radical (unpaired) electrons. The molecule has 0 unspecified atom stereocenters. The highest BCUT2D eigenvalue weighted by molar-refractivity contribution is 5.80. The second kappa shape index (κ2) is 9.42. The minimum atomic E-state index is -1.01. The van der Waals surface area contributed by atoms with Gasteiger partial charge in [0.25, 0.3) is 5.56 Å². The summed E-state index contributed by atoms with van der Waals surface area (Å²) in [5, 5.41) is 31.4. The van der Waals surface area contributed by atoms with Crippen LogP contribution in [-0.4, -0.2) is 26.0 Å². The molecule has 178 valence electrons. The lowest BCUT2D eigenvalue weighted by atomic mass is 9.95. The van der Waals surface area contributed by atoms with Crippen LogP contribution < -0.4 is 5.56 Å². The van der Waals surface area contributed by atoms with Crippen molar-refractivity contribution in [3.8, 4) is 22.6 Å². The molecule has 0 aliphatic rings. The molecule has 1 heterocycles. The van der Waals surface area contributed by atoms with Crippen LogP contribution in [0.5, 0.6) is 5.75 Å². The van der Waals surface area contributed by atoms with Crippen LogP contribution in [-0.2, 0) is 4.79 Å². The van der Waals surface area contributed by atoms with Crippen LogP contribution in [0.4, 0.5) is 11.4 Å². The molecule has 0 saturated carbocycles. The van der Waals surface area contributed by atoms with Gasteiger partial charge in [0.15, 0.2) is 5.69 Å². The van der Waals surface area contributed by atoms with E-state index >= 15 is 0 Å². The number of carboxylic acid groups (broad SMARTS) is 1. The molecule has 4 rings (SSSR count). The maximum Gasteiger partial charge on any atom is 0.310 e. The van der Waals surface area contributed by atoms with Crippen molar-refractivity contribution in [3.05, 3.63) is 93.4 Å². The third-order valence-corrected chi connectivity index (χ3v) is 6.13. The van der Waals surface area contributed by atoms with Gasteiger partial charge in [-0.3, -0.25) is 14.7 Å². The van der Waals surface area contributed by atoms with Gasteiger partial charge in [0, 0.05) is 5.56 Å². The molecule has 0 fully saturated rings. The molecular formula is C27H26N4O4. The van der Waals surface area contributed by atoms with Crippen molar-refractivity contribution in [3.63, 3.8) is 0 Å². The quantitative estimate of drug-likeness (QED) is 0.296. The molecule has 8 heteroatoms. The van der Waals surface area contributed by atoms with Gasteiger partial charge in [-0.25, -0.2) is 4.68 Å². The molecule has 1 atom stereocenters. The number of carboxylic acids is 1. The first kappa shape index (κ1) is 23.7. The smallest absolute Gasteiger partial charge is 0.310 e. The third kappa shape index (κ3) is 4.63. The zero-order chi connectivity index (χ0) is 25.3. The Hall–Kier alpha value is -4.46. The minimum absolute atomic E-state index is 0.0900. The fourth-order valence-electron chi connectivity index (χ4n) is 3.82. The normalized spacial score (nSPS) is 12.2. The van der Waals surface area contributed by atoms with E-state index in [4.69, 9.17) is 0 Å². The second-order valence-corrected chi connectivity index (χ2v) is 8.55. The number of H-pyrrole nitrogens is 1. The molecule has 0 bridgehead atoms. The Bertz CT molecular complexity index is 1510. The number of hydrogen-bond donors (Lipinski definition) is 3. The maximum absolute atomic E-state index is 13.1. The van der Waals surface area contributed by atoms with Crippen LogP contribution >= 0.6 is 0 Å². The van der Waals surface area contributed by atoms with E-state index in [1.54, 1.807) is 56.3 Å². The number of aromatic nitrogens is 2. The Labute approximate surface area is 202 Å². The summed E-state index contributed by atoms with van der Waals surface area (Å²) in [6, 6.07) is 17.6. The Kier molecular flexibility index (Phi) is 6.38. The van der Waals surface area contributed by atoms with E-state index in [0.29, 0.717) is 33.8 Å². The number of phenolic OH excluding ortho intramolecular Hbond substituents is 1. The van der Waals surface area contributed by atoms with Crippen LogP contribution in [0.1, 0.15) is 35.2 Å². The van der Waals surface area contributed by atoms with Gasteiger partial charge in [0.1, 0.15) is 5.75 Å². The lowest BCUT2D eigenvalue weighted by Crippen LogP contribution is -2.14. The molecule has 0 aliphatic carbocycles. The summed E-state index contributed by atoms with van der Waals surface area (Å²) < 4.78 is 1.41. The number of rotatable bonds is 6. The van der Waals surface area contributed by atoms with Gasteiger partial charge in [-0.15, -0.1) is 10.2 Å². The number of carbonyl (C=O) groups is 1. The largest absolute Gasteiger partial charge is 0.507 e. The predicted octanol–water partition coefficient (Wildman–Crippen LogP) is 6.07. The van der Waals surface area contributed by atoms with Gasteiger partial charge in [-0.2, -0.15) is 0 Å². The highest BCUT2D eigenvalue weighted by Crippen LogP contribution is 2.36. The molecule has 0 aliphatic heterocycles. The first-order chi connectivity index (χ1) is 16.7. The number of azo groups is 1. The van der Waals surface area contributed by atoms with E-state index in [1.165, 1.54) is 4.68 Å². The van der Waals surface area contributed by atoms with Gasteiger partial charge in [-0.1, -0.05) is 36.4 Å². The third-order valence-electron chi connectivity index (χ3n) is 6.13. The van der Waals surface area contributed by atoms with Crippen molar-refractivity contribution >= 4 is 17.3 Å². The van der Waals surface area contributed by atoms with Gasteiger partial charge in [0.2, 0.25) is 0 Å². The van der Waals surface area contributed by atoms with E-state index in [0.717, 1.165) is 11.1 Å². The van der Waals surface area contributed by atoms with Crippen LogP contribution in [0.15, 0.2) is 75.7 Å². The lowest BCUT2D eigenvalue weighted by Gasteiger charge is -2.12. The van der Waals surface area contributed by atoms with Crippen molar-refractivity contribution < 1.29 is 15.0 Å². The van der Waals surface area contributed by atoms with Gasteiger partial charge in [0.05, 0.1) is 23.0 Å². The average Bonchev–Trinajstić information content (AvgIpc) is 3.12. The number of para-hydroxylation sites is 1. The number of aromatic hydroxyl groups is 1. The van der Waals surface area contributed by atoms with Crippen molar-refractivity contribution in [2.24, 2.45) is 10.2 Å².